The summed E-state index contributed by atoms with van der Waals surface area (Å²) in [6, 6.07) is 13.1. The molecule has 0 aliphatic rings. The Balaban J connectivity index is 1.56. The highest BCUT2D eigenvalue weighted by Crippen LogP contribution is 2.22. The smallest absolute Gasteiger partial charge is 0.339 e. The zero-order valence-electron chi connectivity index (χ0n) is 18.2. The number of rotatable bonds is 3. The van der Waals surface area contributed by atoms with E-state index in [2.05, 4.69) is 15.2 Å². The Morgan fingerprint density at radius 1 is 0.969 bits per heavy atom. The number of ether oxygens (including phenoxy) is 1. The molecular weight excluding hydrogens is 406 g/mol. The average Bonchev–Trinajstić information content (AvgIpc) is 3.19. The molecule has 0 aliphatic heterocycles. The Morgan fingerprint density at radius 2 is 1.69 bits per heavy atom. The van der Waals surface area contributed by atoms with Crippen molar-refractivity contribution in [3.63, 3.8) is 0 Å². The van der Waals surface area contributed by atoms with Crippen LogP contribution in [0.5, 0.6) is 0 Å². The van der Waals surface area contributed by atoms with E-state index in [1.165, 1.54) is 4.57 Å². The van der Waals surface area contributed by atoms with E-state index in [4.69, 9.17) is 4.74 Å². The Hall–Kier alpha value is -4.07. The number of carbonyl (C=O) groups is 1. The van der Waals surface area contributed by atoms with Crippen LogP contribution >= 0.6 is 0 Å². The standard InChI is InChI=1S/C24H21N5O3/c1-13-5-7-19-16(9-13)17(11-15(3)25-19)23(31)32-12-21-26-27-24-28(4)22(30)18-10-14(2)6-8-20(18)29(21)24/h5-11H,12H2,1-4H3. The van der Waals surface area contributed by atoms with Crippen LogP contribution in [0.4, 0.5) is 0 Å². The Kier molecular flexibility index (Phi) is 4.51. The normalized spacial score (nSPS) is 11.5. The number of hydrogen-bond donors (Lipinski definition) is 0. The summed E-state index contributed by atoms with van der Waals surface area (Å²) in [5.74, 6) is 0.357. The highest BCUT2D eigenvalue weighted by molar-refractivity contribution is 6.03. The molecule has 8 heteroatoms. The van der Waals surface area contributed by atoms with Gasteiger partial charge in [-0.2, -0.15) is 0 Å². The first kappa shape index (κ1) is 19.9. The maximum Gasteiger partial charge on any atom is 0.339 e. The number of benzene rings is 2. The van der Waals surface area contributed by atoms with Crippen molar-refractivity contribution in [1.82, 2.24) is 24.1 Å². The summed E-state index contributed by atoms with van der Waals surface area (Å²) in [5.41, 5.74) is 4.46. The number of hydrogen-bond acceptors (Lipinski definition) is 6. The number of aromatic nitrogens is 5. The fraction of sp³-hybridized carbons (Fsp3) is 0.208. The van der Waals surface area contributed by atoms with Gasteiger partial charge >= 0.3 is 5.97 Å². The lowest BCUT2D eigenvalue weighted by Crippen LogP contribution is -2.20. The van der Waals surface area contributed by atoms with Gasteiger partial charge in [-0.1, -0.05) is 23.3 Å². The minimum absolute atomic E-state index is 0.0874. The number of nitrogens with zero attached hydrogens (tertiary/aromatic N) is 5. The predicted molar refractivity (Wildman–Crippen MR) is 121 cm³/mol. The highest BCUT2D eigenvalue weighted by Gasteiger charge is 2.18. The number of carbonyl (C=O) groups excluding carboxylic acids is 1. The molecule has 0 atom stereocenters. The van der Waals surface area contributed by atoms with Crippen LogP contribution < -0.4 is 5.56 Å². The molecule has 0 unspecified atom stereocenters. The zero-order chi connectivity index (χ0) is 22.6. The van der Waals surface area contributed by atoms with E-state index in [-0.39, 0.29) is 12.2 Å². The van der Waals surface area contributed by atoms with Gasteiger partial charge in [0, 0.05) is 18.1 Å². The summed E-state index contributed by atoms with van der Waals surface area (Å²) < 4.78 is 8.85. The molecule has 3 heterocycles. The maximum absolute atomic E-state index is 13.0. The quantitative estimate of drug-likeness (QED) is 0.410. The summed E-state index contributed by atoms with van der Waals surface area (Å²) in [6.07, 6.45) is 0. The molecule has 0 N–H and O–H groups in total. The largest absolute Gasteiger partial charge is 0.454 e. The van der Waals surface area contributed by atoms with Crippen LogP contribution in [0, 0.1) is 20.8 Å². The van der Waals surface area contributed by atoms with Gasteiger partial charge in [-0.15, -0.1) is 10.2 Å². The van der Waals surface area contributed by atoms with E-state index >= 15 is 0 Å². The third kappa shape index (κ3) is 3.11. The first-order chi connectivity index (χ1) is 15.3. The topological polar surface area (TPSA) is 91.4 Å². The third-order valence-corrected chi connectivity index (χ3v) is 5.59. The molecule has 0 saturated carbocycles. The van der Waals surface area contributed by atoms with E-state index in [9.17, 15) is 9.59 Å². The van der Waals surface area contributed by atoms with Gasteiger partial charge in [0.2, 0.25) is 5.78 Å². The molecule has 0 fully saturated rings. The third-order valence-electron chi connectivity index (χ3n) is 5.59. The van der Waals surface area contributed by atoms with Crippen LogP contribution in [0.2, 0.25) is 0 Å². The van der Waals surface area contributed by atoms with Gasteiger partial charge in [-0.3, -0.25) is 18.7 Å². The van der Waals surface area contributed by atoms with Crippen LogP contribution in [-0.2, 0) is 18.4 Å². The Labute approximate surface area is 183 Å². The van der Waals surface area contributed by atoms with E-state index in [1.807, 2.05) is 57.2 Å². The van der Waals surface area contributed by atoms with Gasteiger partial charge in [0.25, 0.3) is 5.56 Å². The summed E-state index contributed by atoms with van der Waals surface area (Å²) in [5, 5.41) is 9.65. The molecule has 5 rings (SSSR count). The second-order valence-electron chi connectivity index (χ2n) is 8.04. The lowest BCUT2D eigenvalue weighted by Gasteiger charge is -2.10. The molecule has 160 valence electrons. The van der Waals surface area contributed by atoms with Crippen molar-refractivity contribution in [2.45, 2.75) is 27.4 Å². The molecule has 32 heavy (non-hydrogen) atoms. The van der Waals surface area contributed by atoms with Crippen molar-refractivity contribution in [2.75, 3.05) is 0 Å². The molecule has 5 aromatic rings. The predicted octanol–water partition coefficient (Wildman–Crippen LogP) is 3.41. The number of fused-ring (bicyclic) bond motifs is 4. The summed E-state index contributed by atoms with van der Waals surface area (Å²) in [7, 11) is 1.65. The van der Waals surface area contributed by atoms with Gasteiger partial charge in [-0.25, -0.2) is 4.79 Å². The molecule has 0 amide bonds. The molecule has 0 spiro atoms. The van der Waals surface area contributed by atoms with Gasteiger partial charge < -0.3 is 4.74 Å². The fourth-order valence-corrected chi connectivity index (χ4v) is 4.00. The monoisotopic (exact) mass is 427 g/mol. The maximum atomic E-state index is 13.0. The molecule has 0 saturated heterocycles. The molecule has 3 aromatic heterocycles. The highest BCUT2D eigenvalue weighted by atomic mass is 16.5. The van der Waals surface area contributed by atoms with Gasteiger partial charge in [-0.05, 0) is 51.1 Å². The average molecular weight is 427 g/mol. The Morgan fingerprint density at radius 3 is 2.47 bits per heavy atom. The summed E-state index contributed by atoms with van der Waals surface area (Å²) in [6.45, 7) is 5.65. The van der Waals surface area contributed by atoms with Crippen LogP contribution in [0.15, 0.2) is 47.3 Å². The van der Waals surface area contributed by atoms with E-state index in [0.717, 1.165) is 27.7 Å². The van der Waals surface area contributed by atoms with Crippen LogP contribution in [0.1, 0.15) is 33.0 Å². The minimum Gasteiger partial charge on any atom is -0.454 e. The van der Waals surface area contributed by atoms with E-state index < -0.39 is 5.97 Å². The van der Waals surface area contributed by atoms with Crippen molar-refractivity contribution < 1.29 is 9.53 Å². The van der Waals surface area contributed by atoms with Crippen molar-refractivity contribution in [1.29, 1.82) is 0 Å². The van der Waals surface area contributed by atoms with Crippen molar-refractivity contribution >= 4 is 33.6 Å². The number of aryl methyl sites for hydroxylation is 4. The first-order valence-corrected chi connectivity index (χ1v) is 10.2. The molecule has 2 aromatic carbocycles. The molecule has 0 bridgehead atoms. The lowest BCUT2D eigenvalue weighted by molar-refractivity contribution is 0.0463. The zero-order valence-corrected chi connectivity index (χ0v) is 18.2. The van der Waals surface area contributed by atoms with Crippen molar-refractivity contribution in [2.24, 2.45) is 7.05 Å². The summed E-state index contributed by atoms with van der Waals surface area (Å²) in [4.78, 5) is 30.3. The molecule has 0 aliphatic carbocycles. The van der Waals surface area contributed by atoms with Crippen molar-refractivity contribution in [3.8, 4) is 0 Å². The molecule has 8 nitrogen and oxygen atoms in total. The van der Waals surface area contributed by atoms with Gasteiger partial charge in [0.05, 0.1) is 22.0 Å². The SMILES string of the molecule is Cc1ccc2nc(C)cc(C(=O)OCc3nnc4n(C)c(=O)c5cc(C)ccc5n34)c2c1. The first-order valence-electron chi connectivity index (χ1n) is 10.2. The Bertz CT molecular complexity index is 1610. The van der Waals surface area contributed by atoms with E-state index in [0.29, 0.717) is 28.1 Å². The second-order valence-corrected chi connectivity index (χ2v) is 8.04. The number of pyridine rings is 1. The van der Waals surface area contributed by atoms with Crippen LogP contribution in [-0.4, -0.2) is 30.1 Å². The number of esters is 1. The van der Waals surface area contributed by atoms with Crippen LogP contribution in [0.3, 0.4) is 0 Å². The lowest BCUT2D eigenvalue weighted by atomic mass is 10.1. The second kappa shape index (κ2) is 7.26. The van der Waals surface area contributed by atoms with E-state index in [1.54, 1.807) is 17.5 Å². The minimum atomic E-state index is -0.465. The fourth-order valence-electron chi connectivity index (χ4n) is 4.00. The van der Waals surface area contributed by atoms with Gasteiger partial charge in [0.15, 0.2) is 12.4 Å². The van der Waals surface area contributed by atoms with Gasteiger partial charge in [0.1, 0.15) is 0 Å². The molecular formula is C24H21N5O3. The van der Waals surface area contributed by atoms with Crippen molar-refractivity contribution in [3.05, 3.63) is 81.0 Å². The molecule has 0 radical (unpaired) electrons. The summed E-state index contributed by atoms with van der Waals surface area (Å²) >= 11 is 0. The van der Waals surface area contributed by atoms with Crippen LogP contribution in [0.25, 0.3) is 27.6 Å².